The van der Waals surface area contributed by atoms with Gasteiger partial charge in [0.2, 0.25) is 0 Å². The maximum Gasteiger partial charge on any atom is 0.307 e. The van der Waals surface area contributed by atoms with E-state index >= 15 is 0 Å². The number of aliphatic carboxylic acids is 1. The number of aromatic nitrogens is 1. The molecule has 1 aliphatic heterocycles. The van der Waals surface area contributed by atoms with Gasteiger partial charge in [-0.2, -0.15) is 0 Å². The first-order chi connectivity index (χ1) is 11.0. The number of thiophene rings is 1. The predicted octanol–water partition coefficient (Wildman–Crippen LogP) is 4.10. The number of pyridine rings is 1. The first kappa shape index (κ1) is 16.6. The third-order valence-electron chi connectivity index (χ3n) is 4.25. The molecule has 23 heavy (non-hydrogen) atoms. The summed E-state index contributed by atoms with van der Waals surface area (Å²) in [5.74, 6) is -0.988. The van der Waals surface area contributed by atoms with Crippen molar-refractivity contribution >= 4 is 33.2 Å². The number of hydrogen-bond acceptors (Lipinski definition) is 4. The second-order valence-electron chi connectivity index (χ2n) is 5.98. The molecule has 1 fully saturated rings. The molecule has 3 rings (SSSR count). The van der Waals surface area contributed by atoms with Gasteiger partial charge in [0.25, 0.3) is 0 Å². The summed E-state index contributed by atoms with van der Waals surface area (Å²) in [7, 11) is 0. The Hall–Kier alpha value is -1.24. The van der Waals surface area contributed by atoms with E-state index in [2.05, 4.69) is 44.0 Å². The van der Waals surface area contributed by atoms with E-state index in [1.165, 1.54) is 4.88 Å². The van der Waals surface area contributed by atoms with Gasteiger partial charge in [0.05, 0.1) is 21.4 Å². The lowest BCUT2D eigenvalue weighted by Crippen LogP contribution is -2.41. The van der Waals surface area contributed by atoms with E-state index in [-0.39, 0.29) is 12.0 Å². The molecule has 2 atom stereocenters. The molecule has 2 aromatic heterocycles. The molecule has 0 aliphatic carbocycles. The molecule has 0 spiro atoms. The fourth-order valence-corrected chi connectivity index (χ4v) is 4.64. The van der Waals surface area contributed by atoms with Gasteiger partial charge >= 0.3 is 5.97 Å². The minimum absolute atomic E-state index is 0.0223. The van der Waals surface area contributed by atoms with Crippen molar-refractivity contribution in [2.45, 2.75) is 25.8 Å². The first-order valence-electron chi connectivity index (χ1n) is 7.69. The van der Waals surface area contributed by atoms with Crippen molar-refractivity contribution in [3.8, 4) is 0 Å². The highest BCUT2D eigenvalue weighted by molar-refractivity contribution is 9.11. The van der Waals surface area contributed by atoms with Gasteiger partial charge in [-0.3, -0.25) is 14.7 Å². The summed E-state index contributed by atoms with van der Waals surface area (Å²) >= 11 is 5.21. The minimum Gasteiger partial charge on any atom is -0.481 e. The van der Waals surface area contributed by atoms with Crippen molar-refractivity contribution in [1.82, 2.24) is 9.88 Å². The van der Waals surface area contributed by atoms with E-state index in [0.717, 1.165) is 34.4 Å². The van der Waals surface area contributed by atoms with Gasteiger partial charge < -0.3 is 5.11 Å². The summed E-state index contributed by atoms with van der Waals surface area (Å²) < 4.78 is 1.08. The molecule has 0 radical (unpaired) electrons. The zero-order valence-electron chi connectivity index (χ0n) is 12.9. The SMILES string of the molecule is Cc1ccc(C(c2ccc(Br)s2)N2CCCC(C(=O)O)C2)nc1. The molecule has 1 saturated heterocycles. The smallest absolute Gasteiger partial charge is 0.307 e. The predicted molar refractivity (Wildman–Crippen MR) is 94.8 cm³/mol. The van der Waals surface area contributed by atoms with E-state index in [4.69, 9.17) is 0 Å². The number of aryl methyl sites for hydroxylation is 1. The molecule has 2 aromatic rings. The quantitative estimate of drug-likeness (QED) is 0.847. The summed E-state index contributed by atoms with van der Waals surface area (Å²) in [6.45, 7) is 3.50. The molecule has 0 saturated carbocycles. The highest BCUT2D eigenvalue weighted by atomic mass is 79.9. The van der Waals surface area contributed by atoms with Crippen molar-refractivity contribution in [3.63, 3.8) is 0 Å². The molecule has 4 nitrogen and oxygen atoms in total. The molecule has 2 unspecified atom stereocenters. The average molecular weight is 395 g/mol. The largest absolute Gasteiger partial charge is 0.481 e. The van der Waals surface area contributed by atoms with Gasteiger partial charge in [0.1, 0.15) is 0 Å². The monoisotopic (exact) mass is 394 g/mol. The lowest BCUT2D eigenvalue weighted by Gasteiger charge is -2.36. The summed E-state index contributed by atoms with van der Waals surface area (Å²) in [5, 5.41) is 9.37. The molecule has 3 heterocycles. The second kappa shape index (κ2) is 7.11. The van der Waals surface area contributed by atoms with Crippen molar-refractivity contribution in [2.75, 3.05) is 13.1 Å². The Balaban J connectivity index is 1.94. The second-order valence-corrected chi connectivity index (χ2v) is 8.47. The van der Waals surface area contributed by atoms with Crippen LogP contribution in [-0.4, -0.2) is 34.0 Å². The van der Waals surface area contributed by atoms with Gasteiger partial charge in [-0.1, -0.05) is 6.07 Å². The van der Waals surface area contributed by atoms with Gasteiger partial charge in [-0.15, -0.1) is 11.3 Å². The molecule has 1 aliphatic rings. The fraction of sp³-hybridized carbons (Fsp3) is 0.412. The molecule has 6 heteroatoms. The average Bonchev–Trinajstić information content (AvgIpc) is 2.96. The van der Waals surface area contributed by atoms with Crippen LogP contribution in [0.25, 0.3) is 0 Å². The zero-order valence-corrected chi connectivity index (χ0v) is 15.3. The number of carboxylic acid groups (broad SMARTS) is 1. The molecule has 0 bridgehead atoms. The Morgan fingerprint density at radius 3 is 2.87 bits per heavy atom. The number of likely N-dealkylation sites (tertiary alicyclic amines) is 1. The Labute approximate surface area is 148 Å². The normalized spacial score (nSPS) is 20.3. The van der Waals surface area contributed by atoms with Gasteiger partial charge in [-0.25, -0.2) is 0 Å². The van der Waals surface area contributed by atoms with Crippen molar-refractivity contribution in [3.05, 3.63) is 50.4 Å². The van der Waals surface area contributed by atoms with Crippen LogP contribution in [-0.2, 0) is 4.79 Å². The van der Waals surface area contributed by atoms with E-state index in [1.807, 2.05) is 19.2 Å². The van der Waals surface area contributed by atoms with Crippen molar-refractivity contribution < 1.29 is 9.90 Å². The van der Waals surface area contributed by atoms with E-state index < -0.39 is 5.97 Å². The Morgan fingerprint density at radius 1 is 1.43 bits per heavy atom. The Kier molecular flexibility index (Phi) is 5.14. The third kappa shape index (κ3) is 3.82. The van der Waals surface area contributed by atoms with Crippen LogP contribution in [0.4, 0.5) is 0 Å². The molecular weight excluding hydrogens is 376 g/mol. The van der Waals surface area contributed by atoms with Crippen LogP contribution >= 0.6 is 27.3 Å². The van der Waals surface area contributed by atoms with Gasteiger partial charge in [-0.05, 0) is 66.0 Å². The number of halogens is 1. The first-order valence-corrected chi connectivity index (χ1v) is 9.30. The number of nitrogens with zero attached hydrogens (tertiary/aromatic N) is 2. The summed E-state index contributed by atoms with van der Waals surface area (Å²) in [6, 6.07) is 8.29. The van der Waals surface area contributed by atoms with Crippen molar-refractivity contribution in [2.24, 2.45) is 5.92 Å². The standard InChI is InChI=1S/C17H19BrN2O2S/c1-11-4-5-13(19-9-11)16(14-6-7-15(18)23-14)20-8-2-3-12(10-20)17(21)22/h4-7,9,12,16H,2-3,8,10H2,1H3,(H,21,22). The number of piperidine rings is 1. The molecule has 0 aromatic carbocycles. The van der Waals surface area contributed by atoms with E-state index in [9.17, 15) is 9.90 Å². The highest BCUT2D eigenvalue weighted by Crippen LogP contribution is 2.36. The zero-order chi connectivity index (χ0) is 16.4. The fourth-order valence-electron chi connectivity index (χ4n) is 3.07. The molecule has 122 valence electrons. The van der Waals surface area contributed by atoms with E-state index in [0.29, 0.717) is 6.54 Å². The van der Waals surface area contributed by atoms with Crippen LogP contribution in [0.5, 0.6) is 0 Å². The maximum absolute atomic E-state index is 11.4. The maximum atomic E-state index is 11.4. The topological polar surface area (TPSA) is 53.4 Å². The van der Waals surface area contributed by atoms with Crippen molar-refractivity contribution in [1.29, 1.82) is 0 Å². The molecule has 0 amide bonds. The van der Waals surface area contributed by atoms with Crippen LogP contribution in [0.3, 0.4) is 0 Å². The summed E-state index contributed by atoms with van der Waals surface area (Å²) in [6.07, 6.45) is 3.55. The Morgan fingerprint density at radius 2 is 2.26 bits per heavy atom. The minimum atomic E-state index is -0.697. The van der Waals surface area contributed by atoms with Crippen LogP contribution < -0.4 is 0 Å². The number of hydrogen-bond donors (Lipinski definition) is 1. The van der Waals surface area contributed by atoms with E-state index in [1.54, 1.807) is 11.3 Å². The van der Waals surface area contributed by atoms with Crippen LogP contribution in [0.15, 0.2) is 34.2 Å². The van der Waals surface area contributed by atoms with Crippen LogP contribution in [0, 0.1) is 12.8 Å². The summed E-state index contributed by atoms with van der Waals surface area (Å²) in [5.41, 5.74) is 2.11. The number of carbonyl (C=O) groups is 1. The molecular formula is C17H19BrN2O2S. The lowest BCUT2D eigenvalue weighted by atomic mass is 9.95. The molecule has 1 N–H and O–H groups in total. The third-order valence-corrected chi connectivity index (χ3v) is 5.92. The highest BCUT2D eigenvalue weighted by Gasteiger charge is 2.32. The van der Waals surface area contributed by atoms with Crippen LogP contribution in [0.2, 0.25) is 0 Å². The van der Waals surface area contributed by atoms with Gasteiger partial charge in [0, 0.05) is 17.6 Å². The number of rotatable bonds is 4. The lowest BCUT2D eigenvalue weighted by molar-refractivity contribution is -0.143. The summed E-state index contributed by atoms with van der Waals surface area (Å²) in [4.78, 5) is 19.5. The van der Waals surface area contributed by atoms with Gasteiger partial charge in [0.15, 0.2) is 0 Å². The van der Waals surface area contributed by atoms with Crippen LogP contribution in [0.1, 0.15) is 35.0 Å². The Bertz CT molecular complexity index is 686. The number of carboxylic acids is 1.